The molecule has 2 atom stereocenters. The van der Waals surface area contributed by atoms with Crippen molar-refractivity contribution in [2.45, 2.75) is 24.7 Å². The zero-order chi connectivity index (χ0) is 20.8. The fourth-order valence-corrected chi connectivity index (χ4v) is 3.19. The van der Waals surface area contributed by atoms with E-state index < -0.39 is 35.8 Å². The summed E-state index contributed by atoms with van der Waals surface area (Å²) in [5.74, 6) is -2.67. The molecule has 0 saturated carbocycles. The molecule has 3 aromatic rings. The number of alkyl halides is 3. The number of hydrogen-bond donors (Lipinski definition) is 2. The normalized spacial score (nSPS) is 18.8. The van der Waals surface area contributed by atoms with Crippen LogP contribution in [0.4, 0.5) is 33.5 Å². The molecule has 0 aliphatic carbocycles. The number of fused-ring (bicyclic) bond motifs is 1. The molecule has 0 spiro atoms. The van der Waals surface area contributed by atoms with E-state index in [1.165, 1.54) is 18.4 Å². The number of hydrogen-bond acceptors (Lipinski definition) is 4. The molecule has 29 heavy (non-hydrogen) atoms. The number of amides is 1. The number of halogens is 5. The minimum absolute atomic E-state index is 0.181. The van der Waals surface area contributed by atoms with Crippen LogP contribution < -0.4 is 10.6 Å². The van der Waals surface area contributed by atoms with Crippen molar-refractivity contribution in [3.8, 4) is 0 Å². The number of carbonyl (C=O) groups is 1. The Morgan fingerprint density at radius 1 is 1.28 bits per heavy atom. The van der Waals surface area contributed by atoms with E-state index in [0.29, 0.717) is 10.7 Å². The van der Waals surface area contributed by atoms with Gasteiger partial charge >= 0.3 is 6.18 Å². The topological polar surface area (TPSA) is 72.1 Å². The third-order valence-electron chi connectivity index (χ3n) is 4.55. The number of aromatic nitrogens is 2. The molecule has 1 amide bonds. The summed E-state index contributed by atoms with van der Waals surface area (Å²) >= 11 is 0. The van der Waals surface area contributed by atoms with Gasteiger partial charge in [0.2, 0.25) is 0 Å². The Morgan fingerprint density at radius 3 is 2.72 bits per heavy atom. The molecule has 6 nitrogen and oxygen atoms in total. The fraction of sp³-hybridized carbons (Fsp3) is 0.222. The van der Waals surface area contributed by atoms with Crippen molar-refractivity contribution in [1.29, 1.82) is 0 Å². The van der Waals surface area contributed by atoms with Crippen LogP contribution in [-0.2, 0) is 0 Å². The number of furan rings is 1. The van der Waals surface area contributed by atoms with E-state index >= 15 is 0 Å². The van der Waals surface area contributed by atoms with Gasteiger partial charge in [0.05, 0.1) is 24.2 Å². The molecule has 1 aliphatic heterocycles. The summed E-state index contributed by atoms with van der Waals surface area (Å²) in [5, 5.41) is 8.76. The Morgan fingerprint density at radius 2 is 2.07 bits per heavy atom. The first-order valence-corrected chi connectivity index (χ1v) is 8.44. The highest BCUT2D eigenvalue weighted by molar-refractivity contribution is 6.07. The molecule has 3 heterocycles. The number of nitrogens with zero attached hydrogens (tertiary/aromatic N) is 2. The second-order valence-electron chi connectivity index (χ2n) is 6.44. The molecule has 152 valence electrons. The molecule has 0 bridgehead atoms. The van der Waals surface area contributed by atoms with E-state index in [1.807, 2.05) is 0 Å². The van der Waals surface area contributed by atoms with Crippen molar-refractivity contribution in [1.82, 2.24) is 9.78 Å². The fourth-order valence-electron chi connectivity index (χ4n) is 3.19. The number of carbonyl (C=O) groups excluding carboxylic acids is 1. The summed E-state index contributed by atoms with van der Waals surface area (Å²) in [6, 6.07) is 2.75. The van der Waals surface area contributed by atoms with Crippen molar-refractivity contribution in [2.75, 3.05) is 10.6 Å². The van der Waals surface area contributed by atoms with E-state index in [0.717, 1.165) is 18.3 Å². The van der Waals surface area contributed by atoms with Crippen LogP contribution in [0.5, 0.6) is 0 Å². The van der Waals surface area contributed by atoms with Crippen molar-refractivity contribution in [3.05, 3.63) is 65.7 Å². The molecule has 2 aromatic heterocycles. The van der Waals surface area contributed by atoms with Crippen LogP contribution in [0, 0.1) is 11.6 Å². The Balaban J connectivity index is 1.69. The highest BCUT2D eigenvalue weighted by atomic mass is 19.4. The second-order valence-corrected chi connectivity index (χ2v) is 6.44. The summed E-state index contributed by atoms with van der Waals surface area (Å²) in [6.45, 7) is 0. The van der Waals surface area contributed by atoms with Crippen LogP contribution in [-0.4, -0.2) is 21.9 Å². The Hall–Kier alpha value is -3.37. The maximum absolute atomic E-state index is 13.8. The molecular formula is C18H13F5N4O2. The van der Waals surface area contributed by atoms with Crippen LogP contribution >= 0.6 is 0 Å². The molecule has 1 aromatic carbocycles. The van der Waals surface area contributed by atoms with E-state index in [2.05, 4.69) is 15.7 Å². The Kier molecular flexibility index (Phi) is 4.52. The van der Waals surface area contributed by atoms with E-state index in [1.54, 1.807) is 0 Å². The number of rotatable bonds is 3. The molecular weight excluding hydrogens is 399 g/mol. The van der Waals surface area contributed by atoms with Crippen molar-refractivity contribution >= 4 is 17.4 Å². The second kappa shape index (κ2) is 6.90. The molecule has 4 rings (SSSR count). The van der Waals surface area contributed by atoms with Gasteiger partial charge in [-0.25, -0.2) is 13.5 Å². The largest absolute Gasteiger partial charge is 0.467 e. The van der Waals surface area contributed by atoms with E-state index in [9.17, 15) is 26.7 Å². The average Bonchev–Trinajstić information content (AvgIpc) is 3.31. The summed E-state index contributed by atoms with van der Waals surface area (Å²) in [5.41, 5.74) is -0.540. The van der Waals surface area contributed by atoms with E-state index in [4.69, 9.17) is 4.42 Å². The first kappa shape index (κ1) is 19.0. The van der Waals surface area contributed by atoms with Crippen LogP contribution in [0.15, 0.2) is 47.2 Å². The first-order chi connectivity index (χ1) is 13.7. The van der Waals surface area contributed by atoms with Gasteiger partial charge in [-0.2, -0.15) is 18.3 Å². The van der Waals surface area contributed by atoms with Gasteiger partial charge in [-0.15, -0.1) is 0 Å². The Bertz CT molecular complexity index is 1050. The number of anilines is 2. The lowest BCUT2D eigenvalue weighted by Gasteiger charge is -2.32. The summed E-state index contributed by atoms with van der Waals surface area (Å²) < 4.78 is 73.4. The van der Waals surface area contributed by atoms with Crippen LogP contribution in [0.2, 0.25) is 0 Å². The zero-order valence-corrected chi connectivity index (χ0v) is 14.5. The quantitative estimate of drug-likeness (QED) is 0.614. The third-order valence-corrected chi connectivity index (χ3v) is 4.55. The van der Waals surface area contributed by atoms with Crippen molar-refractivity contribution in [2.24, 2.45) is 0 Å². The van der Waals surface area contributed by atoms with Gasteiger partial charge < -0.3 is 15.1 Å². The average molecular weight is 412 g/mol. The monoisotopic (exact) mass is 412 g/mol. The highest BCUT2D eigenvalue weighted by Crippen LogP contribution is 2.44. The molecule has 0 unspecified atom stereocenters. The van der Waals surface area contributed by atoms with Crippen LogP contribution in [0.3, 0.4) is 0 Å². The lowest BCUT2D eigenvalue weighted by atomic mass is 10.0. The third kappa shape index (κ3) is 3.55. The molecule has 2 N–H and O–H groups in total. The number of benzene rings is 1. The predicted octanol–water partition coefficient (Wildman–Crippen LogP) is 4.67. The molecule has 0 fully saturated rings. The summed E-state index contributed by atoms with van der Waals surface area (Å²) in [4.78, 5) is 12.6. The van der Waals surface area contributed by atoms with Crippen LogP contribution in [0.25, 0.3) is 0 Å². The lowest BCUT2D eigenvalue weighted by molar-refractivity contribution is -0.174. The SMILES string of the molecule is O=C(Nc1ccc(F)cc1F)c1cnn2c1N[C@H](c1ccco1)C[C@@H]2C(F)(F)F. The van der Waals surface area contributed by atoms with Gasteiger partial charge in [-0.1, -0.05) is 0 Å². The minimum Gasteiger partial charge on any atom is -0.467 e. The highest BCUT2D eigenvalue weighted by Gasteiger charge is 2.47. The number of nitrogens with one attached hydrogen (secondary N) is 2. The van der Waals surface area contributed by atoms with Gasteiger partial charge in [0, 0.05) is 12.5 Å². The molecule has 11 heteroatoms. The van der Waals surface area contributed by atoms with Gasteiger partial charge in [0.25, 0.3) is 5.91 Å². The van der Waals surface area contributed by atoms with Gasteiger partial charge in [-0.05, 0) is 24.3 Å². The molecule has 0 radical (unpaired) electrons. The Labute approximate surface area is 160 Å². The summed E-state index contributed by atoms with van der Waals surface area (Å²) in [6.07, 6.45) is -2.72. The first-order valence-electron chi connectivity index (χ1n) is 8.44. The van der Waals surface area contributed by atoms with E-state index in [-0.39, 0.29) is 29.2 Å². The standard InChI is InChI=1S/C18H13F5N4O2/c19-9-3-4-12(11(20)6-9)26-17(28)10-8-24-27-15(18(21,22)23)7-13(25-16(10)27)14-2-1-5-29-14/h1-6,8,13,15,25H,7H2,(H,26,28)/t13-,15+/m0/s1. The maximum atomic E-state index is 13.8. The molecule has 1 aliphatic rings. The van der Waals surface area contributed by atoms with Gasteiger partial charge in [-0.3, -0.25) is 4.79 Å². The smallest absolute Gasteiger partial charge is 0.410 e. The van der Waals surface area contributed by atoms with Crippen LogP contribution in [0.1, 0.15) is 34.6 Å². The zero-order valence-electron chi connectivity index (χ0n) is 14.5. The minimum atomic E-state index is -4.62. The molecule has 0 saturated heterocycles. The predicted molar refractivity (Wildman–Crippen MR) is 91.3 cm³/mol. The van der Waals surface area contributed by atoms with Gasteiger partial charge in [0.1, 0.15) is 28.8 Å². The lowest BCUT2D eigenvalue weighted by Crippen LogP contribution is -2.36. The maximum Gasteiger partial charge on any atom is 0.410 e. The van der Waals surface area contributed by atoms with Crippen molar-refractivity contribution < 1.29 is 31.2 Å². The van der Waals surface area contributed by atoms with Gasteiger partial charge in [0.15, 0.2) is 6.04 Å². The summed E-state index contributed by atoms with van der Waals surface area (Å²) in [7, 11) is 0. The van der Waals surface area contributed by atoms with Crippen molar-refractivity contribution in [3.63, 3.8) is 0 Å².